The zero-order valence-corrected chi connectivity index (χ0v) is 16.1. The number of aryl methyl sites for hydroxylation is 1. The van der Waals surface area contributed by atoms with E-state index < -0.39 is 6.10 Å². The van der Waals surface area contributed by atoms with E-state index in [0.29, 0.717) is 29.4 Å². The molecule has 0 bridgehead atoms. The second kappa shape index (κ2) is 7.93. The number of nitrogens with one attached hydrogen (secondary N) is 1. The molecule has 0 unspecified atom stereocenters. The van der Waals surface area contributed by atoms with Crippen LogP contribution in [0.4, 0.5) is 5.69 Å². The van der Waals surface area contributed by atoms with Crippen molar-refractivity contribution in [3.63, 3.8) is 0 Å². The smallest absolute Gasteiger partial charge is 0.308 e. The number of halogens is 1. The van der Waals surface area contributed by atoms with Gasteiger partial charge in [-0.3, -0.25) is 14.2 Å². The Morgan fingerprint density at radius 2 is 1.96 bits per heavy atom. The van der Waals surface area contributed by atoms with Crippen molar-refractivity contribution in [3.05, 3.63) is 57.2 Å². The molecule has 0 fully saturated rings. The fourth-order valence-electron chi connectivity index (χ4n) is 2.67. The number of fused-ring (bicyclic) bond motifs is 1. The number of carbonyl (C=O) groups excluding carboxylic acids is 1. The number of ether oxygens (including phenoxy) is 1. The van der Waals surface area contributed by atoms with Gasteiger partial charge in [-0.15, -0.1) is 0 Å². The Labute approximate surface area is 160 Å². The molecule has 7 heteroatoms. The summed E-state index contributed by atoms with van der Waals surface area (Å²) in [5.74, 6) is 0.356. The zero-order chi connectivity index (χ0) is 18.7. The van der Waals surface area contributed by atoms with Crippen LogP contribution >= 0.6 is 22.9 Å². The van der Waals surface area contributed by atoms with Crippen LogP contribution in [0.2, 0.25) is 5.02 Å². The SMILES string of the molecule is CC[C@@H](Oc1ccc(Cl)cc1)C(=O)Nc1ccc2c(c1)sc(=O)n2CC. The van der Waals surface area contributed by atoms with Crippen molar-refractivity contribution in [2.45, 2.75) is 32.9 Å². The van der Waals surface area contributed by atoms with E-state index in [-0.39, 0.29) is 10.8 Å². The number of rotatable bonds is 6. The van der Waals surface area contributed by atoms with Gasteiger partial charge in [0, 0.05) is 17.3 Å². The largest absolute Gasteiger partial charge is 0.481 e. The fourth-order valence-corrected chi connectivity index (χ4v) is 3.79. The molecule has 2 aromatic carbocycles. The highest BCUT2D eigenvalue weighted by atomic mass is 35.5. The number of carbonyl (C=O) groups is 1. The van der Waals surface area contributed by atoms with Gasteiger partial charge in [0.05, 0.1) is 10.2 Å². The molecule has 0 aliphatic carbocycles. The molecule has 5 nitrogen and oxygen atoms in total. The lowest BCUT2D eigenvalue weighted by molar-refractivity contribution is -0.122. The Morgan fingerprint density at radius 3 is 2.62 bits per heavy atom. The predicted molar refractivity (Wildman–Crippen MR) is 107 cm³/mol. The van der Waals surface area contributed by atoms with E-state index in [1.165, 1.54) is 11.3 Å². The third-order valence-electron chi connectivity index (χ3n) is 4.01. The lowest BCUT2D eigenvalue weighted by Gasteiger charge is -2.17. The second-order valence-electron chi connectivity index (χ2n) is 5.75. The van der Waals surface area contributed by atoms with E-state index in [0.717, 1.165) is 10.2 Å². The quantitative estimate of drug-likeness (QED) is 0.672. The van der Waals surface area contributed by atoms with E-state index in [1.807, 2.05) is 26.0 Å². The van der Waals surface area contributed by atoms with E-state index in [9.17, 15) is 9.59 Å². The number of hydrogen-bond donors (Lipinski definition) is 1. The molecule has 26 heavy (non-hydrogen) atoms. The number of aromatic nitrogens is 1. The minimum atomic E-state index is -0.620. The molecule has 3 aromatic rings. The molecule has 136 valence electrons. The topological polar surface area (TPSA) is 60.3 Å². The zero-order valence-electron chi connectivity index (χ0n) is 14.5. The van der Waals surface area contributed by atoms with Crippen LogP contribution in [0.1, 0.15) is 20.3 Å². The maximum atomic E-state index is 12.6. The molecule has 3 rings (SSSR count). The summed E-state index contributed by atoms with van der Waals surface area (Å²) in [6.07, 6.45) is -0.0955. The maximum Gasteiger partial charge on any atom is 0.308 e. The summed E-state index contributed by atoms with van der Waals surface area (Å²) in [7, 11) is 0. The minimum absolute atomic E-state index is 0.00322. The molecule has 0 spiro atoms. The van der Waals surface area contributed by atoms with Gasteiger partial charge >= 0.3 is 4.87 Å². The highest BCUT2D eigenvalue weighted by molar-refractivity contribution is 7.16. The Hall–Kier alpha value is -2.31. The van der Waals surface area contributed by atoms with Crippen LogP contribution in [0.3, 0.4) is 0 Å². The number of hydrogen-bond acceptors (Lipinski definition) is 4. The molecule has 0 aliphatic rings. The first-order valence-electron chi connectivity index (χ1n) is 8.38. The summed E-state index contributed by atoms with van der Waals surface area (Å²) in [4.78, 5) is 24.5. The molecule has 1 N–H and O–H groups in total. The van der Waals surface area contributed by atoms with Crippen LogP contribution in [0, 0.1) is 0 Å². The van der Waals surface area contributed by atoms with Crippen LogP contribution in [0.5, 0.6) is 5.75 Å². The summed E-state index contributed by atoms with van der Waals surface area (Å²) < 4.78 is 8.32. The fraction of sp³-hybridized carbons (Fsp3) is 0.263. The van der Waals surface area contributed by atoms with Crippen molar-refractivity contribution in [1.82, 2.24) is 4.57 Å². The van der Waals surface area contributed by atoms with Gasteiger partial charge < -0.3 is 10.1 Å². The molecule has 1 aromatic heterocycles. The number of thiazole rings is 1. The van der Waals surface area contributed by atoms with E-state index >= 15 is 0 Å². The molecule has 0 saturated carbocycles. The van der Waals surface area contributed by atoms with Crippen LogP contribution in [0.15, 0.2) is 47.3 Å². The molecule has 1 amide bonds. The van der Waals surface area contributed by atoms with Crippen LogP contribution in [0.25, 0.3) is 10.2 Å². The van der Waals surface area contributed by atoms with Crippen molar-refractivity contribution in [1.29, 1.82) is 0 Å². The molecular formula is C19H19ClN2O3S. The van der Waals surface area contributed by atoms with E-state index in [2.05, 4.69) is 5.32 Å². The maximum absolute atomic E-state index is 12.6. The molecule has 0 radical (unpaired) electrons. The van der Waals surface area contributed by atoms with Crippen molar-refractivity contribution < 1.29 is 9.53 Å². The van der Waals surface area contributed by atoms with Crippen molar-refractivity contribution in [2.75, 3.05) is 5.32 Å². The van der Waals surface area contributed by atoms with Crippen molar-refractivity contribution >= 4 is 44.7 Å². The van der Waals surface area contributed by atoms with E-state index in [4.69, 9.17) is 16.3 Å². The highest BCUT2D eigenvalue weighted by Crippen LogP contribution is 2.23. The summed E-state index contributed by atoms with van der Waals surface area (Å²) in [5.41, 5.74) is 1.52. The van der Waals surface area contributed by atoms with Gasteiger partial charge in [0.25, 0.3) is 5.91 Å². The Kier molecular flexibility index (Phi) is 5.64. The standard InChI is InChI=1S/C19H19ClN2O3S/c1-3-16(25-14-8-5-12(20)6-9-14)18(23)21-13-7-10-15-17(11-13)26-19(24)22(15)4-2/h5-11,16H,3-4H2,1-2H3,(H,21,23)/t16-/m1/s1. The predicted octanol–water partition coefficient (Wildman–Crippen LogP) is 4.53. The monoisotopic (exact) mass is 390 g/mol. The van der Waals surface area contributed by atoms with Gasteiger partial charge in [-0.05, 0) is 55.8 Å². The van der Waals surface area contributed by atoms with Crippen LogP contribution in [-0.2, 0) is 11.3 Å². The number of nitrogens with zero attached hydrogens (tertiary/aromatic N) is 1. The lowest BCUT2D eigenvalue weighted by atomic mass is 10.2. The Bertz CT molecular complexity index is 979. The molecule has 0 aliphatic heterocycles. The average Bonchev–Trinajstić information content (AvgIpc) is 2.95. The lowest BCUT2D eigenvalue weighted by Crippen LogP contribution is -2.32. The van der Waals surface area contributed by atoms with Crippen molar-refractivity contribution in [3.8, 4) is 5.75 Å². The third kappa shape index (κ3) is 3.92. The average molecular weight is 391 g/mol. The number of amides is 1. The summed E-state index contributed by atoms with van der Waals surface area (Å²) in [5, 5.41) is 3.48. The van der Waals surface area contributed by atoms with Gasteiger partial charge in [0.2, 0.25) is 0 Å². The summed E-state index contributed by atoms with van der Waals surface area (Å²) in [6.45, 7) is 4.44. The first kappa shape index (κ1) is 18.5. The number of benzene rings is 2. The third-order valence-corrected chi connectivity index (χ3v) is 5.20. The van der Waals surface area contributed by atoms with Gasteiger partial charge in [-0.25, -0.2) is 0 Å². The minimum Gasteiger partial charge on any atom is -0.481 e. The molecule has 0 saturated heterocycles. The first-order chi connectivity index (χ1) is 12.5. The summed E-state index contributed by atoms with van der Waals surface area (Å²) >= 11 is 7.04. The van der Waals surface area contributed by atoms with Gasteiger partial charge in [-0.1, -0.05) is 29.9 Å². The summed E-state index contributed by atoms with van der Waals surface area (Å²) in [6, 6.07) is 12.4. The van der Waals surface area contributed by atoms with E-state index in [1.54, 1.807) is 34.9 Å². The van der Waals surface area contributed by atoms with Crippen LogP contribution in [-0.4, -0.2) is 16.6 Å². The van der Waals surface area contributed by atoms with Crippen molar-refractivity contribution in [2.24, 2.45) is 0 Å². The highest BCUT2D eigenvalue weighted by Gasteiger charge is 2.19. The van der Waals surface area contributed by atoms with Crippen LogP contribution < -0.4 is 14.9 Å². The Morgan fingerprint density at radius 1 is 1.23 bits per heavy atom. The molecule has 1 heterocycles. The number of anilines is 1. The molecular weight excluding hydrogens is 372 g/mol. The molecule has 1 atom stereocenters. The van der Waals surface area contributed by atoms with Gasteiger partial charge in [-0.2, -0.15) is 0 Å². The normalized spacial score (nSPS) is 12.1. The first-order valence-corrected chi connectivity index (χ1v) is 9.57. The second-order valence-corrected chi connectivity index (χ2v) is 7.18. The van der Waals surface area contributed by atoms with Gasteiger partial charge in [0.1, 0.15) is 5.75 Å². The van der Waals surface area contributed by atoms with Gasteiger partial charge in [0.15, 0.2) is 6.10 Å². The Balaban J connectivity index is 1.76.